The van der Waals surface area contributed by atoms with Crippen LogP contribution in [0.2, 0.25) is 5.02 Å². The molecule has 2 aliphatic rings. The lowest BCUT2D eigenvalue weighted by Gasteiger charge is -2.46. The molecule has 0 saturated carbocycles. The quantitative estimate of drug-likeness (QED) is 0.781. The third-order valence-electron chi connectivity index (χ3n) is 5.48. The maximum atomic E-state index is 13.1. The zero-order valence-corrected chi connectivity index (χ0v) is 16.0. The maximum Gasteiger partial charge on any atom is 0.256 e. The van der Waals surface area contributed by atoms with Gasteiger partial charge in [-0.3, -0.25) is 9.69 Å². The number of carbonyl (C=O) groups excluding carboxylic acids is 1. The molecule has 3 rings (SSSR count). The molecule has 0 spiro atoms. The Morgan fingerprint density at radius 1 is 1.44 bits per heavy atom. The first-order chi connectivity index (χ1) is 11.9. The van der Waals surface area contributed by atoms with Crippen molar-refractivity contribution >= 4 is 23.2 Å². The first-order valence-electron chi connectivity index (χ1n) is 9.08. The molecule has 6 heteroatoms. The SMILES string of the molecule is COc1cc(N)c(Cl)cc1C(=O)NC12CCCC(CC1)N2CC(C)C. The van der Waals surface area contributed by atoms with E-state index in [1.807, 2.05) is 0 Å². The summed E-state index contributed by atoms with van der Waals surface area (Å²) in [7, 11) is 1.54. The van der Waals surface area contributed by atoms with Crippen molar-refractivity contribution in [3.63, 3.8) is 0 Å². The van der Waals surface area contributed by atoms with Gasteiger partial charge in [-0.1, -0.05) is 25.4 Å². The van der Waals surface area contributed by atoms with Crippen LogP contribution in [0.5, 0.6) is 5.75 Å². The summed E-state index contributed by atoms with van der Waals surface area (Å²) in [5.41, 5.74) is 6.44. The average molecular weight is 366 g/mol. The molecule has 1 aromatic rings. The number of hydrogen-bond acceptors (Lipinski definition) is 4. The number of piperidine rings is 1. The van der Waals surface area contributed by atoms with Gasteiger partial charge in [0.15, 0.2) is 0 Å². The first kappa shape index (κ1) is 18.3. The van der Waals surface area contributed by atoms with Crippen LogP contribution < -0.4 is 15.8 Å². The van der Waals surface area contributed by atoms with Crippen LogP contribution in [0.1, 0.15) is 56.3 Å². The number of methoxy groups -OCH3 is 1. The molecule has 2 fully saturated rings. The third kappa shape index (κ3) is 3.44. The molecule has 2 bridgehead atoms. The molecule has 3 N–H and O–H groups in total. The van der Waals surface area contributed by atoms with Gasteiger partial charge in [0.05, 0.1) is 29.0 Å². The van der Waals surface area contributed by atoms with Gasteiger partial charge < -0.3 is 15.8 Å². The molecule has 2 unspecified atom stereocenters. The minimum atomic E-state index is -0.247. The van der Waals surface area contributed by atoms with Crippen molar-refractivity contribution in [2.24, 2.45) is 5.92 Å². The molecule has 1 aromatic carbocycles. The Kier molecular flexibility index (Phi) is 5.16. The maximum absolute atomic E-state index is 13.1. The van der Waals surface area contributed by atoms with Gasteiger partial charge in [0.1, 0.15) is 5.75 Å². The molecule has 0 aromatic heterocycles. The molecule has 2 aliphatic heterocycles. The number of amides is 1. The molecule has 2 heterocycles. The van der Waals surface area contributed by atoms with Gasteiger partial charge in [0.25, 0.3) is 5.91 Å². The summed E-state index contributed by atoms with van der Waals surface area (Å²) in [6, 6.07) is 3.79. The summed E-state index contributed by atoms with van der Waals surface area (Å²) in [6.45, 7) is 5.46. The first-order valence-corrected chi connectivity index (χ1v) is 9.46. The second-order valence-corrected chi connectivity index (χ2v) is 8.10. The van der Waals surface area contributed by atoms with E-state index in [-0.39, 0.29) is 11.6 Å². The van der Waals surface area contributed by atoms with Crippen molar-refractivity contribution in [3.05, 3.63) is 22.7 Å². The van der Waals surface area contributed by atoms with Crippen molar-refractivity contribution in [1.82, 2.24) is 10.2 Å². The van der Waals surface area contributed by atoms with Gasteiger partial charge >= 0.3 is 0 Å². The van der Waals surface area contributed by atoms with E-state index in [0.29, 0.717) is 34.0 Å². The predicted molar refractivity (Wildman–Crippen MR) is 101 cm³/mol. The molecule has 25 heavy (non-hydrogen) atoms. The van der Waals surface area contributed by atoms with Gasteiger partial charge in [-0.05, 0) is 44.1 Å². The van der Waals surface area contributed by atoms with Crippen LogP contribution in [0.4, 0.5) is 5.69 Å². The highest BCUT2D eigenvalue weighted by Gasteiger charge is 2.49. The zero-order chi connectivity index (χ0) is 18.2. The summed E-state index contributed by atoms with van der Waals surface area (Å²) in [6.07, 6.45) is 5.52. The molecule has 0 radical (unpaired) electrons. The molecule has 2 saturated heterocycles. The Balaban J connectivity index is 1.87. The van der Waals surface area contributed by atoms with E-state index in [0.717, 1.165) is 32.2 Å². The fourth-order valence-electron chi connectivity index (χ4n) is 4.36. The van der Waals surface area contributed by atoms with E-state index in [9.17, 15) is 4.79 Å². The fraction of sp³-hybridized carbons (Fsp3) is 0.632. The number of halogens is 1. The average Bonchev–Trinajstić information content (AvgIpc) is 2.75. The molecular weight excluding hydrogens is 338 g/mol. The third-order valence-corrected chi connectivity index (χ3v) is 5.81. The van der Waals surface area contributed by atoms with Gasteiger partial charge in [-0.25, -0.2) is 0 Å². The number of carbonyl (C=O) groups is 1. The summed E-state index contributed by atoms with van der Waals surface area (Å²) in [4.78, 5) is 15.6. The van der Waals surface area contributed by atoms with Crippen LogP contribution >= 0.6 is 11.6 Å². The summed E-state index contributed by atoms with van der Waals surface area (Å²) in [5.74, 6) is 0.877. The smallest absolute Gasteiger partial charge is 0.256 e. The van der Waals surface area contributed by atoms with Gasteiger partial charge in [-0.15, -0.1) is 0 Å². The van der Waals surface area contributed by atoms with Crippen molar-refractivity contribution in [2.75, 3.05) is 19.4 Å². The molecular formula is C19H28ClN3O2. The lowest BCUT2D eigenvalue weighted by Crippen LogP contribution is -2.61. The monoisotopic (exact) mass is 365 g/mol. The summed E-state index contributed by atoms with van der Waals surface area (Å²) in [5, 5.41) is 3.70. The Hall–Kier alpha value is -1.46. The van der Waals surface area contributed by atoms with Crippen LogP contribution in [0.3, 0.4) is 0 Å². The van der Waals surface area contributed by atoms with Crippen LogP contribution in [-0.4, -0.2) is 36.2 Å². The number of anilines is 1. The number of ether oxygens (including phenoxy) is 1. The Bertz CT molecular complexity index is 660. The Morgan fingerprint density at radius 3 is 2.88 bits per heavy atom. The van der Waals surface area contributed by atoms with Crippen LogP contribution in [0.25, 0.3) is 0 Å². The number of nitrogens with zero attached hydrogens (tertiary/aromatic N) is 1. The number of benzene rings is 1. The van der Waals surface area contributed by atoms with Crippen molar-refractivity contribution < 1.29 is 9.53 Å². The lowest BCUT2D eigenvalue weighted by molar-refractivity contribution is 0.0166. The van der Waals surface area contributed by atoms with Crippen molar-refractivity contribution in [3.8, 4) is 5.75 Å². The van der Waals surface area contributed by atoms with E-state index in [2.05, 4.69) is 24.1 Å². The minimum absolute atomic E-state index is 0.143. The Labute approximate surface area is 154 Å². The predicted octanol–water partition coefficient (Wildman–Crippen LogP) is 3.66. The molecule has 2 atom stereocenters. The van der Waals surface area contributed by atoms with Crippen LogP contribution in [0, 0.1) is 5.92 Å². The molecule has 138 valence electrons. The highest BCUT2D eigenvalue weighted by atomic mass is 35.5. The van der Waals surface area contributed by atoms with Gasteiger partial charge in [0, 0.05) is 18.7 Å². The summed E-state index contributed by atoms with van der Waals surface area (Å²) < 4.78 is 5.35. The van der Waals surface area contributed by atoms with Gasteiger partial charge in [0.2, 0.25) is 0 Å². The highest BCUT2D eigenvalue weighted by Crippen LogP contribution is 2.43. The topological polar surface area (TPSA) is 67.6 Å². The van der Waals surface area contributed by atoms with Gasteiger partial charge in [-0.2, -0.15) is 0 Å². The number of nitrogen functional groups attached to an aromatic ring is 1. The highest BCUT2D eigenvalue weighted by molar-refractivity contribution is 6.33. The van der Waals surface area contributed by atoms with E-state index >= 15 is 0 Å². The molecule has 1 amide bonds. The standard InChI is InChI=1S/C19H28ClN3O2/c1-12(2)11-23-13-5-4-7-19(23,8-6-13)22-18(24)14-9-15(20)16(21)10-17(14)25-3/h9-10,12-13H,4-8,11,21H2,1-3H3,(H,22,24). The van der Waals surface area contributed by atoms with Crippen molar-refractivity contribution in [2.45, 2.75) is 57.7 Å². The lowest BCUT2D eigenvalue weighted by atomic mass is 9.94. The van der Waals surface area contributed by atoms with E-state index < -0.39 is 0 Å². The largest absolute Gasteiger partial charge is 0.496 e. The Morgan fingerprint density at radius 2 is 2.20 bits per heavy atom. The summed E-state index contributed by atoms with van der Waals surface area (Å²) >= 11 is 6.13. The second-order valence-electron chi connectivity index (χ2n) is 7.69. The number of rotatable bonds is 5. The second kappa shape index (κ2) is 7.04. The van der Waals surface area contributed by atoms with E-state index in [1.165, 1.54) is 13.5 Å². The number of nitrogens with two attached hydrogens (primary N) is 1. The van der Waals surface area contributed by atoms with Crippen LogP contribution in [-0.2, 0) is 0 Å². The zero-order valence-electron chi connectivity index (χ0n) is 15.3. The normalized spacial score (nSPS) is 26.0. The number of fused-ring (bicyclic) bond motifs is 2. The minimum Gasteiger partial charge on any atom is -0.496 e. The van der Waals surface area contributed by atoms with Crippen LogP contribution in [0.15, 0.2) is 12.1 Å². The fourth-order valence-corrected chi connectivity index (χ4v) is 4.53. The molecule has 0 aliphatic carbocycles. The van der Waals surface area contributed by atoms with E-state index in [4.69, 9.17) is 22.1 Å². The van der Waals surface area contributed by atoms with E-state index in [1.54, 1.807) is 12.1 Å². The molecule has 5 nitrogen and oxygen atoms in total. The number of hydrogen-bond donors (Lipinski definition) is 2. The number of nitrogens with one attached hydrogen (secondary N) is 1. The van der Waals surface area contributed by atoms with Crippen molar-refractivity contribution in [1.29, 1.82) is 0 Å².